The molecule has 0 N–H and O–H groups in total. The van der Waals surface area contributed by atoms with Crippen LogP contribution < -0.4 is 0 Å². The monoisotopic (exact) mass is 268 g/mol. The van der Waals surface area contributed by atoms with E-state index in [0.717, 1.165) is 17.8 Å². The molecule has 19 heavy (non-hydrogen) atoms. The quantitative estimate of drug-likeness (QED) is 0.640. The Bertz CT molecular complexity index is 268. The highest BCUT2D eigenvalue weighted by Gasteiger charge is 2.34. The van der Waals surface area contributed by atoms with Gasteiger partial charge in [-0.15, -0.1) is 0 Å². The predicted octanol–water partition coefficient (Wildman–Crippen LogP) is 5.68. The highest BCUT2D eigenvalue weighted by molar-refractivity contribution is 4.84. The van der Waals surface area contributed by atoms with Gasteiger partial charge in [0, 0.05) is 0 Å². The largest absolute Gasteiger partial charge is 0.372 e. The molecule has 1 rings (SSSR count). The van der Waals surface area contributed by atoms with E-state index in [9.17, 15) is 0 Å². The van der Waals surface area contributed by atoms with Crippen LogP contribution in [0.1, 0.15) is 81.1 Å². The van der Waals surface area contributed by atoms with Crippen LogP contribution >= 0.6 is 0 Å². The van der Waals surface area contributed by atoms with Crippen LogP contribution in [0.5, 0.6) is 0 Å². The summed E-state index contributed by atoms with van der Waals surface area (Å²) in [6, 6.07) is 0. The van der Waals surface area contributed by atoms with Crippen molar-refractivity contribution in [3.05, 3.63) is 0 Å². The number of ether oxygens (including phenoxy) is 1. The van der Waals surface area contributed by atoms with Gasteiger partial charge >= 0.3 is 0 Å². The average Bonchev–Trinajstić information content (AvgIpc) is 2.16. The molecule has 1 aliphatic carbocycles. The topological polar surface area (TPSA) is 9.23 Å². The van der Waals surface area contributed by atoms with Gasteiger partial charge in [-0.2, -0.15) is 0 Å². The Hall–Kier alpha value is -0.0400. The minimum absolute atomic E-state index is 0.00587. The van der Waals surface area contributed by atoms with Crippen molar-refractivity contribution in [3.8, 4) is 0 Å². The lowest BCUT2D eigenvalue weighted by atomic mass is 9.71. The summed E-state index contributed by atoms with van der Waals surface area (Å²) < 4.78 is 6.30. The summed E-state index contributed by atoms with van der Waals surface area (Å²) in [6.07, 6.45) is 5.77. The first-order chi connectivity index (χ1) is 8.48. The minimum atomic E-state index is -0.00587. The van der Waals surface area contributed by atoms with Crippen LogP contribution in [0, 0.1) is 23.2 Å². The molecule has 0 aromatic heterocycles. The summed E-state index contributed by atoms with van der Waals surface area (Å²) in [5, 5.41) is 0. The first-order valence-electron chi connectivity index (χ1n) is 8.16. The average molecular weight is 268 g/mol. The van der Waals surface area contributed by atoms with Crippen molar-refractivity contribution in [2.45, 2.75) is 92.8 Å². The first-order valence-corrected chi connectivity index (χ1v) is 8.16. The van der Waals surface area contributed by atoms with Gasteiger partial charge in [0.2, 0.25) is 0 Å². The molecule has 0 spiro atoms. The lowest BCUT2D eigenvalue weighted by Gasteiger charge is -2.41. The molecule has 0 bridgehead atoms. The summed E-state index contributed by atoms with van der Waals surface area (Å²) in [6.45, 7) is 18.4. The Morgan fingerprint density at radius 2 is 1.63 bits per heavy atom. The molecule has 0 heterocycles. The van der Waals surface area contributed by atoms with Crippen LogP contribution in [0.4, 0.5) is 0 Å². The molecule has 0 amide bonds. The highest BCUT2D eigenvalue weighted by atomic mass is 16.5. The molecule has 0 saturated heterocycles. The van der Waals surface area contributed by atoms with Crippen LogP contribution in [-0.4, -0.2) is 11.7 Å². The van der Waals surface area contributed by atoms with Crippen molar-refractivity contribution in [3.63, 3.8) is 0 Å². The molecule has 0 radical (unpaired) electrons. The molecule has 1 heteroatoms. The van der Waals surface area contributed by atoms with Crippen molar-refractivity contribution < 1.29 is 4.74 Å². The molecule has 1 fully saturated rings. The third kappa shape index (κ3) is 6.29. The number of hydrogen-bond donors (Lipinski definition) is 0. The maximum Gasteiger partial charge on any atom is 0.0610 e. The molecule has 0 aliphatic heterocycles. The summed E-state index contributed by atoms with van der Waals surface area (Å²) in [7, 11) is 0. The van der Waals surface area contributed by atoms with E-state index in [1.807, 2.05) is 0 Å². The fourth-order valence-electron chi connectivity index (χ4n) is 3.58. The van der Waals surface area contributed by atoms with E-state index in [0.29, 0.717) is 11.5 Å². The van der Waals surface area contributed by atoms with Gasteiger partial charge in [0.05, 0.1) is 11.7 Å². The second-order valence-corrected chi connectivity index (χ2v) is 9.06. The van der Waals surface area contributed by atoms with E-state index in [1.54, 1.807) is 0 Å². The van der Waals surface area contributed by atoms with Crippen LogP contribution in [-0.2, 0) is 4.74 Å². The van der Waals surface area contributed by atoms with Gasteiger partial charge in [0.25, 0.3) is 0 Å². The number of hydrogen-bond acceptors (Lipinski definition) is 1. The van der Waals surface area contributed by atoms with Gasteiger partial charge in [-0.3, -0.25) is 0 Å². The van der Waals surface area contributed by atoms with E-state index < -0.39 is 0 Å². The van der Waals surface area contributed by atoms with Gasteiger partial charge in [0.15, 0.2) is 0 Å². The second kappa shape index (κ2) is 6.16. The van der Waals surface area contributed by atoms with Crippen LogP contribution in [0.2, 0.25) is 0 Å². The smallest absolute Gasteiger partial charge is 0.0610 e. The molecule has 1 nitrogen and oxygen atoms in total. The van der Waals surface area contributed by atoms with Crippen molar-refractivity contribution in [1.82, 2.24) is 0 Å². The Labute approximate surface area is 121 Å². The van der Waals surface area contributed by atoms with Crippen LogP contribution in [0.25, 0.3) is 0 Å². The van der Waals surface area contributed by atoms with Gasteiger partial charge in [0.1, 0.15) is 0 Å². The van der Waals surface area contributed by atoms with Gasteiger partial charge in [-0.05, 0) is 69.6 Å². The van der Waals surface area contributed by atoms with Crippen molar-refractivity contribution in [1.29, 1.82) is 0 Å². The van der Waals surface area contributed by atoms with E-state index >= 15 is 0 Å². The zero-order valence-electron chi connectivity index (χ0n) is 14.5. The van der Waals surface area contributed by atoms with Crippen molar-refractivity contribution in [2.24, 2.45) is 23.2 Å². The summed E-state index contributed by atoms with van der Waals surface area (Å²) in [5.41, 5.74) is 0.441. The van der Waals surface area contributed by atoms with Crippen LogP contribution in [0.15, 0.2) is 0 Å². The summed E-state index contributed by atoms with van der Waals surface area (Å²) in [5.74, 6) is 2.39. The second-order valence-electron chi connectivity index (χ2n) is 9.06. The maximum atomic E-state index is 6.30. The molecule has 0 aromatic carbocycles. The highest BCUT2D eigenvalue weighted by Crippen LogP contribution is 2.40. The maximum absolute atomic E-state index is 6.30. The molecule has 0 aromatic rings. The fourth-order valence-corrected chi connectivity index (χ4v) is 3.58. The summed E-state index contributed by atoms with van der Waals surface area (Å²) >= 11 is 0. The van der Waals surface area contributed by atoms with Gasteiger partial charge in [-0.1, -0.05) is 34.6 Å². The zero-order chi connectivity index (χ0) is 14.8. The normalized spacial score (nSPS) is 31.3. The van der Waals surface area contributed by atoms with E-state index in [-0.39, 0.29) is 5.60 Å². The Morgan fingerprint density at radius 1 is 1.05 bits per heavy atom. The molecule has 114 valence electrons. The van der Waals surface area contributed by atoms with E-state index in [4.69, 9.17) is 4.74 Å². The SMILES string of the molecule is C[C@H](CC(C)(C)C)C1CC[C@H](C)C(OC(C)(C)C)C1. The predicted molar refractivity (Wildman–Crippen MR) is 84.4 cm³/mol. The molecule has 1 saturated carbocycles. The Kier molecular flexibility index (Phi) is 5.52. The molecular weight excluding hydrogens is 232 g/mol. The molecule has 4 atom stereocenters. The van der Waals surface area contributed by atoms with E-state index in [1.165, 1.54) is 25.7 Å². The lowest BCUT2D eigenvalue weighted by molar-refractivity contribution is -0.108. The lowest BCUT2D eigenvalue weighted by Crippen LogP contribution is -2.38. The Balaban J connectivity index is 2.59. The third-order valence-electron chi connectivity index (χ3n) is 4.41. The van der Waals surface area contributed by atoms with Crippen molar-refractivity contribution in [2.75, 3.05) is 0 Å². The van der Waals surface area contributed by atoms with E-state index in [2.05, 4.69) is 55.4 Å². The zero-order valence-corrected chi connectivity index (χ0v) is 14.5. The fraction of sp³-hybridized carbons (Fsp3) is 1.00. The molecule has 2 unspecified atom stereocenters. The van der Waals surface area contributed by atoms with Crippen LogP contribution in [0.3, 0.4) is 0 Å². The van der Waals surface area contributed by atoms with Gasteiger partial charge < -0.3 is 4.74 Å². The molecular formula is C18H36O. The molecule has 1 aliphatic rings. The third-order valence-corrected chi connectivity index (χ3v) is 4.41. The standard InChI is InChI=1S/C18H36O/c1-13-9-10-15(14(2)12-17(3,4)5)11-16(13)19-18(6,7)8/h13-16H,9-12H2,1-8H3/t13-,14+,15?,16?/m0/s1. The summed E-state index contributed by atoms with van der Waals surface area (Å²) in [4.78, 5) is 0. The Morgan fingerprint density at radius 3 is 2.11 bits per heavy atom. The van der Waals surface area contributed by atoms with Gasteiger partial charge in [-0.25, -0.2) is 0 Å². The minimum Gasteiger partial charge on any atom is -0.372 e. The van der Waals surface area contributed by atoms with Crippen molar-refractivity contribution >= 4 is 0 Å². The number of rotatable bonds is 3. The first kappa shape index (κ1) is 17.0.